The van der Waals surface area contributed by atoms with Crippen LogP contribution in [0.3, 0.4) is 0 Å². The van der Waals surface area contributed by atoms with E-state index in [2.05, 4.69) is 22.4 Å². The average molecular weight is 301 g/mol. The molecule has 3 rings (SSSR count). The highest BCUT2D eigenvalue weighted by Gasteiger charge is 2.28. The molecule has 1 saturated heterocycles. The molecule has 0 spiro atoms. The molecule has 1 aromatic carbocycles. The Hall–Kier alpha value is -1.85. The Kier molecular flexibility index (Phi) is 4.45. The van der Waals surface area contributed by atoms with Crippen LogP contribution >= 0.6 is 0 Å². The fraction of sp³-hybridized carbons (Fsp3) is 0.471. The van der Waals surface area contributed by atoms with E-state index in [0.29, 0.717) is 13.1 Å². The van der Waals surface area contributed by atoms with E-state index in [9.17, 15) is 9.90 Å². The second-order valence-corrected chi connectivity index (χ2v) is 6.01. The number of H-pyrrole nitrogens is 1. The molecular formula is C17H23N3O2. The molecule has 0 saturated carbocycles. The van der Waals surface area contributed by atoms with Crippen LogP contribution in [0.5, 0.6) is 0 Å². The fourth-order valence-corrected chi connectivity index (χ4v) is 3.09. The minimum Gasteiger partial charge on any atom is -0.392 e. The van der Waals surface area contributed by atoms with Gasteiger partial charge in [0.2, 0.25) is 5.91 Å². The Morgan fingerprint density at radius 3 is 3.09 bits per heavy atom. The first-order valence-corrected chi connectivity index (χ1v) is 7.90. The molecule has 1 aromatic heterocycles. The number of rotatable bonds is 5. The molecular weight excluding hydrogens is 278 g/mol. The van der Waals surface area contributed by atoms with Crippen molar-refractivity contribution in [3.05, 3.63) is 36.0 Å². The van der Waals surface area contributed by atoms with Gasteiger partial charge >= 0.3 is 0 Å². The van der Waals surface area contributed by atoms with E-state index in [0.717, 1.165) is 24.9 Å². The van der Waals surface area contributed by atoms with Gasteiger partial charge in [0.25, 0.3) is 0 Å². The van der Waals surface area contributed by atoms with Crippen LogP contribution < -0.4 is 5.32 Å². The number of hydrogen-bond donors (Lipinski definition) is 3. The van der Waals surface area contributed by atoms with Crippen molar-refractivity contribution in [3.8, 4) is 0 Å². The molecule has 2 atom stereocenters. The van der Waals surface area contributed by atoms with E-state index in [1.54, 1.807) is 0 Å². The van der Waals surface area contributed by atoms with Gasteiger partial charge in [0.05, 0.1) is 12.1 Å². The number of carbonyl (C=O) groups is 1. The maximum absolute atomic E-state index is 12.2. The van der Waals surface area contributed by atoms with Crippen LogP contribution in [0.4, 0.5) is 0 Å². The van der Waals surface area contributed by atoms with Gasteiger partial charge in [-0.05, 0) is 31.4 Å². The number of carbonyl (C=O) groups excluding carboxylic acids is 1. The number of nitrogens with zero attached hydrogens (tertiary/aromatic N) is 1. The number of amides is 1. The maximum atomic E-state index is 12.2. The van der Waals surface area contributed by atoms with Gasteiger partial charge in [0.15, 0.2) is 0 Å². The minimum atomic E-state index is -0.290. The first kappa shape index (κ1) is 15.1. The van der Waals surface area contributed by atoms with E-state index in [4.69, 9.17) is 0 Å². The van der Waals surface area contributed by atoms with Crippen molar-refractivity contribution in [1.29, 1.82) is 0 Å². The lowest BCUT2D eigenvalue weighted by atomic mass is 10.1. The lowest BCUT2D eigenvalue weighted by molar-refractivity contribution is -0.125. The second kappa shape index (κ2) is 6.50. The van der Waals surface area contributed by atoms with Crippen LogP contribution in [-0.4, -0.2) is 52.7 Å². The lowest BCUT2D eigenvalue weighted by Gasteiger charge is -2.22. The third-order valence-electron chi connectivity index (χ3n) is 4.49. The van der Waals surface area contributed by atoms with Gasteiger partial charge in [-0.1, -0.05) is 18.2 Å². The van der Waals surface area contributed by atoms with Gasteiger partial charge in [-0.3, -0.25) is 9.69 Å². The highest BCUT2D eigenvalue weighted by atomic mass is 16.3. The van der Waals surface area contributed by atoms with Gasteiger partial charge in [-0.25, -0.2) is 0 Å². The summed E-state index contributed by atoms with van der Waals surface area (Å²) < 4.78 is 0. The molecule has 2 aromatic rings. The molecule has 2 heterocycles. The first-order valence-electron chi connectivity index (χ1n) is 7.90. The van der Waals surface area contributed by atoms with Crippen LogP contribution in [0.1, 0.15) is 18.9 Å². The lowest BCUT2D eigenvalue weighted by Crippen LogP contribution is -2.44. The van der Waals surface area contributed by atoms with Crippen molar-refractivity contribution >= 4 is 16.8 Å². The zero-order valence-corrected chi connectivity index (χ0v) is 12.9. The van der Waals surface area contributed by atoms with Crippen LogP contribution in [0.15, 0.2) is 30.5 Å². The summed E-state index contributed by atoms with van der Waals surface area (Å²) in [5.74, 6) is 0.0361. The third kappa shape index (κ3) is 3.15. The Balaban J connectivity index is 1.51. The number of aliphatic hydroxyl groups excluding tert-OH is 1. The molecule has 1 aliphatic heterocycles. The van der Waals surface area contributed by atoms with Gasteiger partial charge in [-0.2, -0.15) is 0 Å². The topological polar surface area (TPSA) is 68.4 Å². The Labute approximate surface area is 130 Å². The Bertz CT molecular complexity index is 652. The zero-order valence-electron chi connectivity index (χ0n) is 12.9. The summed E-state index contributed by atoms with van der Waals surface area (Å²) in [5, 5.41) is 13.8. The molecule has 1 unspecified atom stereocenters. The number of likely N-dealkylation sites (tertiary alicyclic amines) is 1. The van der Waals surface area contributed by atoms with Crippen molar-refractivity contribution in [2.45, 2.75) is 31.9 Å². The predicted molar refractivity (Wildman–Crippen MR) is 86.7 cm³/mol. The van der Waals surface area contributed by atoms with Crippen molar-refractivity contribution < 1.29 is 9.90 Å². The van der Waals surface area contributed by atoms with Crippen molar-refractivity contribution in [3.63, 3.8) is 0 Å². The Morgan fingerprint density at radius 2 is 2.32 bits per heavy atom. The number of fused-ring (bicyclic) bond motifs is 1. The summed E-state index contributed by atoms with van der Waals surface area (Å²) in [6.07, 6.45) is 3.29. The zero-order chi connectivity index (χ0) is 15.5. The molecule has 5 nitrogen and oxygen atoms in total. The van der Waals surface area contributed by atoms with Gasteiger partial charge in [0, 0.05) is 36.7 Å². The summed E-state index contributed by atoms with van der Waals surface area (Å²) in [6.45, 7) is 3.91. The normalized spacial score (nSPS) is 20.4. The number of hydrogen-bond acceptors (Lipinski definition) is 3. The number of aliphatic hydroxyl groups is 1. The molecule has 22 heavy (non-hydrogen) atoms. The number of aromatic nitrogens is 1. The molecule has 1 fully saturated rings. The number of benzene rings is 1. The standard InChI is InChI=1S/C17H23N3O2/c1-12(20-9-7-14(21)11-20)17(22)18-8-6-13-10-19-16-5-3-2-4-15(13)16/h2-5,10,12,14,19,21H,6-9,11H2,1H3,(H,18,22)/t12?,14-/m0/s1. The van der Waals surface area contributed by atoms with Crippen molar-refractivity contribution in [2.24, 2.45) is 0 Å². The highest BCUT2D eigenvalue weighted by Crippen LogP contribution is 2.17. The summed E-state index contributed by atoms with van der Waals surface area (Å²) in [5.41, 5.74) is 2.35. The van der Waals surface area contributed by atoms with E-state index in [1.165, 1.54) is 10.9 Å². The quantitative estimate of drug-likeness (QED) is 0.779. The maximum Gasteiger partial charge on any atom is 0.237 e. The van der Waals surface area contributed by atoms with Crippen LogP contribution in [0.25, 0.3) is 10.9 Å². The smallest absolute Gasteiger partial charge is 0.237 e. The summed E-state index contributed by atoms with van der Waals surface area (Å²) in [7, 11) is 0. The summed E-state index contributed by atoms with van der Waals surface area (Å²) >= 11 is 0. The third-order valence-corrected chi connectivity index (χ3v) is 4.49. The molecule has 1 amide bonds. The van der Waals surface area contributed by atoms with Crippen LogP contribution in [-0.2, 0) is 11.2 Å². The number of nitrogens with one attached hydrogen (secondary N) is 2. The van der Waals surface area contributed by atoms with Crippen LogP contribution in [0.2, 0.25) is 0 Å². The first-order chi connectivity index (χ1) is 10.6. The number of para-hydroxylation sites is 1. The van der Waals surface area contributed by atoms with E-state index in [1.807, 2.05) is 30.2 Å². The predicted octanol–water partition coefficient (Wildman–Crippen LogP) is 1.28. The average Bonchev–Trinajstić information content (AvgIpc) is 3.13. The van der Waals surface area contributed by atoms with Crippen molar-refractivity contribution in [1.82, 2.24) is 15.2 Å². The van der Waals surface area contributed by atoms with Gasteiger partial charge in [0.1, 0.15) is 0 Å². The van der Waals surface area contributed by atoms with Gasteiger partial charge < -0.3 is 15.4 Å². The van der Waals surface area contributed by atoms with E-state index < -0.39 is 0 Å². The van der Waals surface area contributed by atoms with Crippen molar-refractivity contribution in [2.75, 3.05) is 19.6 Å². The van der Waals surface area contributed by atoms with E-state index in [-0.39, 0.29) is 18.1 Å². The molecule has 0 radical (unpaired) electrons. The molecule has 118 valence electrons. The SMILES string of the molecule is CC(C(=O)NCCc1c[nH]c2ccccc12)N1CC[C@H](O)C1. The second-order valence-electron chi connectivity index (χ2n) is 6.01. The largest absolute Gasteiger partial charge is 0.392 e. The van der Waals surface area contributed by atoms with Crippen LogP contribution in [0, 0.1) is 0 Å². The van der Waals surface area contributed by atoms with Gasteiger partial charge in [-0.15, -0.1) is 0 Å². The summed E-state index contributed by atoms with van der Waals surface area (Å²) in [4.78, 5) is 17.5. The fourth-order valence-electron chi connectivity index (χ4n) is 3.09. The summed E-state index contributed by atoms with van der Waals surface area (Å²) in [6, 6.07) is 8.01. The molecule has 1 aliphatic rings. The Morgan fingerprint density at radius 1 is 1.50 bits per heavy atom. The molecule has 0 aliphatic carbocycles. The molecule has 3 N–H and O–H groups in total. The monoisotopic (exact) mass is 301 g/mol. The van der Waals surface area contributed by atoms with E-state index >= 15 is 0 Å². The highest BCUT2D eigenvalue weighted by molar-refractivity contribution is 5.83. The molecule has 0 bridgehead atoms. The molecule has 5 heteroatoms. The number of aromatic amines is 1. The number of β-amino-alcohol motifs (C(OH)–C–C–N with tert-alkyl or cyclic N) is 1. The minimum absolute atomic E-state index is 0.0361.